The van der Waals surface area contributed by atoms with Crippen LogP contribution in [0.4, 0.5) is 0 Å². The average Bonchev–Trinajstić information content (AvgIpc) is 2.75. The van der Waals surface area contributed by atoms with Gasteiger partial charge in [-0.15, -0.1) is 0 Å². The summed E-state index contributed by atoms with van der Waals surface area (Å²) in [6, 6.07) is 11.0. The molecule has 0 bridgehead atoms. The Morgan fingerprint density at radius 1 is 1.20 bits per heavy atom. The Hall–Kier alpha value is -3.68. The van der Waals surface area contributed by atoms with Gasteiger partial charge in [0, 0.05) is 18.9 Å². The Morgan fingerprint density at radius 3 is 2.73 bits per heavy atom. The second kappa shape index (κ2) is 8.36. The molecule has 1 atom stereocenters. The second-order valence-corrected chi connectivity index (χ2v) is 7.37. The smallest absolute Gasteiger partial charge is 0.335 e. The van der Waals surface area contributed by atoms with E-state index in [0.717, 1.165) is 41.5 Å². The molecular formula is C22H23N5O3. The molecule has 8 nitrogen and oxygen atoms in total. The third kappa shape index (κ3) is 3.89. The second-order valence-electron chi connectivity index (χ2n) is 7.37. The molecule has 1 aliphatic heterocycles. The molecule has 4 rings (SSSR count). The zero-order chi connectivity index (χ0) is 21.1. The Labute approximate surface area is 173 Å². The lowest BCUT2D eigenvalue weighted by Crippen LogP contribution is -2.32. The van der Waals surface area contributed by atoms with E-state index in [-0.39, 0.29) is 11.6 Å². The van der Waals surface area contributed by atoms with E-state index in [1.807, 2.05) is 42.4 Å². The highest BCUT2D eigenvalue weighted by molar-refractivity contribution is 5.82. The van der Waals surface area contributed by atoms with Crippen LogP contribution in [0.2, 0.25) is 0 Å². The lowest BCUT2D eigenvalue weighted by Gasteiger charge is -2.33. The van der Waals surface area contributed by atoms with Crippen molar-refractivity contribution >= 4 is 6.21 Å². The molecule has 30 heavy (non-hydrogen) atoms. The van der Waals surface area contributed by atoms with E-state index in [4.69, 9.17) is 0 Å². The summed E-state index contributed by atoms with van der Waals surface area (Å²) in [7, 11) is 0. The topological polar surface area (TPSA) is 104 Å². The highest BCUT2D eigenvalue weighted by Crippen LogP contribution is 2.30. The fraction of sp³-hybridized carbons (Fsp3) is 0.273. The number of nitrogens with one attached hydrogen (secondary N) is 1. The zero-order valence-corrected chi connectivity index (χ0v) is 16.7. The van der Waals surface area contributed by atoms with Gasteiger partial charge in [-0.25, -0.2) is 9.36 Å². The van der Waals surface area contributed by atoms with Gasteiger partial charge in [0.15, 0.2) is 0 Å². The van der Waals surface area contributed by atoms with Gasteiger partial charge in [0.1, 0.15) is 5.56 Å². The number of hydrazone groups is 1. The predicted octanol–water partition coefficient (Wildman–Crippen LogP) is 2.50. The fourth-order valence-corrected chi connectivity index (χ4v) is 3.69. The molecule has 0 unspecified atom stereocenters. The molecule has 0 aliphatic carbocycles. The van der Waals surface area contributed by atoms with Crippen LogP contribution >= 0.6 is 0 Å². The van der Waals surface area contributed by atoms with E-state index in [2.05, 4.69) is 15.1 Å². The first kappa shape index (κ1) is 19.6. The van der Waals surface area contributed by atoms with E-state index in [9.17, 15) is 14.7 Å². The quantitative estimate of drug-likeness (QED) is 0.649. The van der Waals surface area contributed by atoms with Crippen molar-refractivity contribution in [3.8, 4) is 11.6 Å². The number of hydrogen-bond donors (Lipinski definition) is 2. The summed E-state index contributed by atoms with van der Waals surface area (Å²) >= 11 is 0. The maximum absolute atomic E-state index is 12.4. The van der Waals surface area contributed by atoms with Crippen molar-refractivity contribution in [3.05, 3.63) is 86.3 Å². The minimum atomic E-state index is -0.704. The van der Waals surface area contributed by atoms with E-state index in [1.165, 1.54) is 6.21 Å². The molecule has 0 amide bonds. The van der Waals surface area contributed by atoms with Gasteiger partial charge in [0.05, 0.1) is 17.9 Å². The number of aromatic amines is 1. The predicted molar refractivity (Wildman–Crippen MR) is 114 cm³/mol. The van der Waals surface area contributed by atoms with Crippen LogP contribution in [0.15, 0.2) is 63.5 Å². The van der Waals surface area contributed by atoms with Gasteiger partial charge in [-0.1, -0.05) is 23.8 Å². The summed E-state index contributed by atoms with van der Waals surface area (Å²) in [5.41, 5.74) is 1.08. The Morgan fingerprint density at radius 2 is 2.00 bits per heavy atom. The number of piperidine rings is 1. The summed E-state index contributed by atoms with van der Waals surface area (Å²) in [6.07, 6.45) is 7.86. The normalized spacial score (nSPS) is 16.8. The van der Waals surface area contributed by atoms with E-state index >= 15 is 0 Å². The van der Waals surface area contributed by atoms with Crippen molar-refractivity contribution in [1.29, 1.82) is 0 Å². The number of pyridine rings is 1. The van der Waals surface area contributed by atoms with Crippen LogP contribution < -0.4 is 11.2 Å². The molecule has 0 saturated carbocycles. The van der Waals surface area contributed by atoms with E-state index in [1.54, 1.807) is 18.3 Å². The molecule has 2 N–H and O–H groups in total. The number of H-pyrrole nitrogens is 1. The summed E-state index contributed by atoms with van der Waals surface area (Å²) in [5.74, 6) is -0.439. The van der Waals surface area contributed by atoms with Gasteiger partial charge in [-0.2, -0.15) is 5.10 Å². The van der Waals surface area contributed by atoms with Gasteiger partial charge in [0.2, 0.25) is 5.88 Å². The molecule has 0 spiro atoms. The van der Waals surface area contributed by atoms with Gasteiger partial charge in [0.25, 0.3) is 5.56 Å². The molecule has 1 fully saturated rings. The van der Waals surface area contributed by atoms with Crippen molar-refractivity contribution < 1.29 is 5.11 Å². The lowest BCUT2D eigenvalue weighted by atomic mass is 9.98. The maximum atomic E-state index is 12.4. The first-order valence-corrected chi connectivity index (χ1v) is 9.90. The van der Waals surface area contributed by atoms with Crippen LogP contribution in [-0.2, 0) is 0 Å². The third-order valence-electron chi connectivity index (χ3n) is 5.29. The van der Waals surface area contributed by atoms with Gasteiger partial charge >= 0.3 is 5.69 Å². The number of aryl methyl sites for hydroxylation is 1. The molecule has 0 radical (unpaired) electrons. The number of rotatable bonds is 4. The largest absolute Gasteiger partial charge is 0.493 e. The van der Waals surface area contributed by atoms with Crippen molar-refractivity contribution in [2.75, 3.05) is 6.54 Å². The molecule has 1 aliphatic rings. The number of hydrogen-bond acceptors (Lipinski definition) is 6. The number of aromatic nitrogens is 3. The molecule has 8 heteroatoms. The molecule has 3 aromatic rings. The van der Waals surface area contributed by atoms with Crippen LogP contribution in [-0.4, -0.2) is 37.4 Å². The maximum Gasteiger partial charge on any atom is 0.335 e. The molecule has 1 saturated heterocycles. The monoisotopic (exact) mass is 405 g/mol. The Bertz CT molecular complexity index is 1170. The summed E-state index contributed by atoms with van der Waals surface area (Å²) in [6.45, 7) is 2.65. The lowest BCUT2D eigenvalue weighted by molar-refractivity contribution is 0.156. The first-order chi connectivity index (χ1) is 14.5. The van der Waals surface area contributed by atoms with Crippen LogP contribution in [0.3, 0.4) is 0 Å². The van der Waals surface area contributed by atoms with Crippen molar-refractivity contribution in [1.82, 2.24) is 19.5 Å². The van der Waals surface area contributed by atoms with Gasteiger partial charge in [-0.05, 0) is 49.9 Å². The first-order valence-electron chi connectivity index (χ1n) is 9.90. The highest BCUT2D eigenvalue weighted by atomic mass is 16.3. The third-order valence-corrected chi connectivity index (χ3v) is 5.29. The number of aromatic hydroxyl groups is 1. The Balaban J connectivity index is 1.71. The van der Waals surface area contributed by atoms with E-state index in [0.29, 0.717) is 5.69 Å². The Kier molecular flexibility index (Phi) is 5.47. The van der Waals surface area contributed by atoms with Crippen LogP contribution in [0.25, 0.3) is 5.69 Å². The minimum absolute atomic E-state index is 0.0490. The van der Waals surface area contributed by atoms with E-state index < -0.39 is 17.1 Å². The van der Waals surface area contributed by atoms with Crippen molar-refractivity contribution in [2.24, 2.45) is 5.10 Å². The zero-order valence-electron chi connectivity index (χ0n) is 16.7. The molecule has 2 aromatic heterocycles. The summed E-state index contributed by atoms with van der Waals surface area (Å²) < 4.78 is 1.07. The highest BCUT2D eigenvalue weighted by Gasteiger charge is 2.23. The molecule has 154 valence electrons. The van der Waals surface area contributed by atoms with Gasteiger partial charge < -0.3 is 5.11 Å². The van der Waals surface area contributed by atoms with Crippen molar-refractivity contribution in [3.63, 3.8) is 0 Å². The van der Waals surface area contributed by atoms with Crippen LogP contribution in [0.1, 0.15) is 42.0 Å². The standard InChI is InChI=1S/C22H23N5O3/c1-15-7-9-17(10-8-15)27-21(29)18(20(28)25-22(27)30)14-24-26-12-3-2-6-19(26)16-5-4-11-23-13-16/h4-5,7-11,13-14,19,29H,2-3,6,12H2,1H3,(H,25,28,30)/t19-/m0/s1. The molecular weight excluding hydrogens is 382 g/mol. The minimum Gasteiger partial charge on any atom is -0.493 e. The van der Waals surface area contributed by atoms with Gasteiger partial charge in [-0.3, -0.25) is 19.8 Å². The number of nitrogens with zero attached hydrogens (tertiary/aromatic N) is 4. The summed E-state index contributed by atoms with van der Waals surface area (Å²) in [5, 5.41) is 17.1. The molecule has 3 heterocycles. The number of benzene rings is 1. The van der Waals surface area contributed by atoms with Crippen molar-refractivity contribution in [2.45, 2.75) is 32.2 Å². The fourth-order valence-electron chi connectivity index (χ4n) is 3.69. The molecule has 1 aromatic carbocycles. The van der Waals surface area contributed by atoms with Crippen LogP contribution in [0.5, 0.6) is 5.88 Å². The van der Waals surface area contributed by atoms with Crippen LogP contribution in [0, 0.1) is 6.92 Å². The SMILES string of the molecule is Cc1ccc(-n2c(O)c(C=NN3CCCC[C@H]3c3cccnc3)c(=O)[nH]c2=O)cc1. The average molecular weight is 405 g/mol. The summed E-state index contributed by atoms with van der Waals surface area (Å²) in [4.78, 5) is 31.2.